The van der Waals surface area contributed by atoms with Gasteiger partial charge in [-0.15, -0.1) is 0 Å². The molecular formula is C23H25F2N3O3S. The number of hydrogen-bond acceptors (Lipinski definition) is 4. The van der Waals surface area contributed by atoms with E-state index in [2.05, 4.69) is 0 Å². The van der Waals surface area contributed by atoms with Gasteiger partial charge in [0.2, 0.25) is 5.91 Å². The average Bonchev–Trinajstić information content (AvgIpc) is 3.00. The van der Waals surface area contributed by atoms with Crippen molar-refractivity contribution in [3.05, 3.63) is 59.7 Å². The molecule has 2 fully saturated rings. The van der Waals surface area contributed by atoms with Crippen molar-refractivity contribution in [1.82, 2.24) is 9.80 Å². The number of carbonyl (C=O) groups excluding carboxylic acids is 2. The lowest BCUT2D eigenvalue weighted by molar-refractivity contribution is -0.131. The van der Waals surface area contributed by atoms with E-state index in [-0.39, 0.29) is 23.7 Å². The fourth-order valence-corrected chi connectivity index (χ4v) is 5.27. The van der Waals surface area contributed by atoms with E-state index in [0.29, 0.717) is 49.7 Å². The molecular weight excluding hydrogens is 436 g/mol. The Morgan fingerprint density at radius 3 is 2.62 bits per heavy atom. The number of carbonyl (C=O) groups is 2. The van der Waals surface area contributed by atoms with E-state index in [1.54, 1.807) is 33.9 Å². The molecule has 3 amide bonds. The predicted octanol–water partition coefficient (Wildman–Crippen LogP) is 3.92. The van der Waals surface area contributed by atoms with Crippen LogP contribution in [0.25, 0.3) is 0 Å². The minimum atomic E-state index is -0.465. The number of halogens is 2. The number of benzene rings is 2. The number of urea groups is 1. The number of methoxy groups -OCH3 is 1. The van der Waals surface area contributed by atoms with Gasteiger partial charge in [-0.05, 0) is 48.9 Å². The Kier molecular flexibility index (Phi) is 6.83. The quantitative estimate of drug-likeness (QED) is 0.677. The van der Waals surface area contributed by atoms with Crippen molar-refractivity contribution >= 4 is 29.4 Å². The molecule has 1 atom stereocenters. The molecule has 1 unspecified atom stereocenters. The number of amides is 3. The van der Waals surface area contributed by atoms with Crippen LogP contribution < -0.4 is 9.64 Å². The van der Waals surface area contributed by atoms with Crippen molar-refractivity contribution in [3.63, 3.8) is 0 Å². The molecule has 2 aliphatic heterocycles. The predicted molar refractivity (Wildman–Crippen MR) is 120 cm³/mol. The smallest absolute Gasteiger partial charge is 0.325 e. The van der Waals surface area contributed by atoms with Crippen LogP contribution in [0.3, 0.4) is 0 Å². The van der Waals surface area contributed by atoms with Gasteiger partial charge in [0.25, 0.3) is 0 Å². The molecule has 2 aliphatic rings. The van der Waals surface area contributed by atoms with Gasteiger partial charge in [0.1, 0.15) is 23.9 Å². The number of hydrogen-bond donors (Lipinski definition) is 0. The van der Waals surface area contributed by atoms with Crippen LogP contribution in [0.2, 0.25) is 0 Å². The Hall–Kier alpha value is -2.81. The highest BCUT2D eigenvalue weighted by molar-refractivity contribution is 7.99. The van der Waals surface area contributed by atoms with Gasteiger partial charge in [-0.2, -0.15) is 11.8 Å². The molecule has 170 valence electrons. The van der Waals surface area contributed by atoms with Crippen LogP contribution in [0.15, 0.2) is 42.5 Å². The maximum absolute atomic E-state index is 14.2. The largest absolute Gasteiger partial charge is 0.497 e. The van der Waals surface area contributed by atoms with Gasteiger partial charge in [0, 0.05) is 48.4 Å². The zero-order chi connectivity index (χ0) is 22.7. The molecule has 2 saturated heterocycles. The SMILES string of the molecule is COc1ccc(N2CCN(CC(=O)N3CCSC(c4cc(F)ccc4F)CC3)C2=O)cc1. The van der Waals surface area contributed by atoms with E-state index in [1.165, 1.54) is 17.8 Å². The van der Waals surface area contributed by atoms with Crippen molar-refractivity contribution in [2.75, 3.05) is 50.5 Å². The maximum Gasteiger partial charge on any atom is 0.325 e. The summed E-state index contributed by atoms with van der Waals surface area (Å²) in [5.74, 6) is 0.315. The van der Waals surface area contributed by atoms with Crippen molar-refractivity contribution in [2.24, 2.45) is 0 Å². The molecule has 4 rings (SSSR count). The normalized spacial score (nSPS) is 19.3. The maximum atomic E-state index is 14.2. The molecule has 0 aromatic heterocycles. The highest BCUT2D eigenvalue weighted by atomic mass is 32.2. The van der Waals surface area contributed by atoms with E-state index in [4.69, 9.17) is 4.74 Å². The Morgan fingerprint density at radius 2 is 1.88 bits per heavy atom. The highest BCUT2D eigenvalue weighted by Crippen LogP contribution is 2.36. The molecule has 0 bridgehead atoms. The second-order valence-corrected chi connectivity index (χ2v) is 9.06. The van der Waals surface area contributed by atoms with Crippen molar-refractivity contribution in [1.29, 1.82) is 0 Å². The third kappa shape index (κ3) is 4.82. The minimum Gasteiger partial charge on any atom is -0.497 e. The molecule has 0 N–H and O–H groups in total. The number of ether oxygens (including phenoxy) is 1. The Balaban J connectivity index is 1.35. The molecule has 0 radical (unpaired) electrons. The van der Waals surface area contributed by atoms with Gasteiger partial charge in [-0.3, -0.25) is 9.69 Å². The zero-order valence-corrected chi connectivity index (χ0v) is 18.6. The molecule has 0 spiro atoms. The van der Waals surface area contributed by atoms with Crippen LogP contribution >= 0.6 is 11.8 Å². The number of nitrogens with zero attached hydrogens (tertiary/aromatic N) is 3. The summed E-state index contributed by atoms with van der Waals surface area (Å²) in [4.78, 5) is 30.6. The van der Waals surface area contributed by atoms with Gasteiger partial charge >= 0.3 is 6.03 Å². The lowest BCUT2D eigenvalue weighted by Gasteiger charge is -2.24. The number of anilines is 1. The van der Waals surface area contributed by atoms with Gasteiger partial charge in [0.05, 0.1) is 7.11 Å². The third-order valence-electron chi connectivity index (χ3n) is 5.80. The molecule has 0 saturated carbocycles. The molecule has 6 nitrogen and oxygen atoms in total. The molecule has 32 heavy (non-hydrogen) atoms. The Morgan fingerprint density at radius 1 is 1.09 bits per heavy atom. The fraction of sp³-hybridized carbons (Fsp3) is 0.391. The Bertz CT molecular complexity index is 989. The average molecular weight is 462 g/mol. The van der Waals surface area contributed by atoms with Crippen LogP contribution in [-0.2, 0) is 4.79 Å². The summed E-state index contributed by atoms with van der Waals surface area (Å²) in [6.45, 7) is 1.94. The third-order valence-corrected chi connectivity index (χ3v) is 7.11. The zero-order valence-electron chi connectivity index (χ0n) is 17.8. The van der Waals surface area contributed by atoms with Crippen molar-refractivity contribution < 1.29 is 23.1 Å². The first-order valence-electron chi connectivity index (χ1n) is 10.5. The molecule has 2 heterocycles. The lowest BCUT2D eigenvalue weighted by atomic mass is 10.1. The standard InChI is InChI=1S/C23H25F2N3O3S/c1-31-18-5-3-17(4-6-18)28-11-10-27(23(28)30)15-22(29)26-9-8-21(32-13-12-26)19-14-16(24)2-7-20(19)25/h2-7,14,21H,8-13,15H2,1H3. The van der Waals surface area contributed by atoms with Crippen LogP contribution in [0, 0.1) is 11.6 Å². The monoisotopic (exact) mass is 461 g/mol. The van der Waals surface area contributed by atoms with Gasteiger partial charge in [0.15, 0.2) is 0 Å². The summed E-state index contributed by atoms with van der Waals surface area (Å²) in [6, 6.07) is 10.5. The van der Waals surface area contributed by atoms with Crippen molar-refractivity contribution in [3.8, 4) is 5.75 Å². The minimum absolute atomic E-state index is 0.00907. The molecule has 0 aliphatic carbocycles. The summed E-state index contributed by atoms with van der Waals surface area (Å²) < 4.78 is 32.9. The number of rotatable bonds is 5. The van der Waals surface area contributed by atoms with Crippen LogP contribution in [-0.4, -0.2) is 67.3 Å². The van der Waals surface area contributed by atoms with E-state index >= 15 is 0 Å². The molecule has 2 aromatic rings. The second kappa shape index (κ2) is 9.77. The van der Waals surface area contributed by atoms with E-state index in [9.17, 15) is 18.4 Å². The van der Waals surface area contributed by atoms with Gasteiger partial charge < -0.3 is 14.5 Å². The van der Waals surface area contributed by atoms with Gasteiger partial charge in [-0.25, -0.2) is 13.6 Å². The summed E-state index contributed by atoms with van der Waals surface area (Å²) >= 11 is 1.53. The summed E-state index contributed by atoms with van der Waals surface area (Å²) in [5.41, 5.74) is 1.10. The first-order valence-corrected chi connectivity index (χ1v) is 11.6. The Labute approximate surface area is 190 Å². The summed E-state index contributed by atoms with van der Waals surface area (Å²) in [5, 5.41) is -0.206. The highest BCUT2D eigenvalue weighted by Gasteiger charge is 2.32. The first-order chi connectivity index (χ1) is 15.5. The lowest BCUT2D eigenvalue weighted by Crippen LogP contribution is -2.43. The fourth-order valence-electron chi connectivity index (χ4n) is 4.02. The molecule has 2 aromatic carbocycles. The van der Waals surface area contributed by atoms with Gasteiger partial charge in [-0.1, -0.05) is 0 Å². The summed E-state index contributed by atoms with van der Waals surface area (Å²) in [6.07, 6.45) is 0.530. The topological polar surface area (TPSA) is 53.1 Å². The molecule has 9 heteroatoms. The van der Waals surface area contributed by atoms with E-state index < -0.39 is 11.6 Å². The first kappa shape index (κ1) is 22.4. The van der Waals surface area contributed by atoms with Crippen molar-refractivity contribution in [2.45, 2.75) is 11.7 Å². The van der Waals surface area contributed by atoms with Crippen LogP contribution in [0.1, 0.15) is 17.2 Å². The number of thioether (sulfide) groups is 1. The summed E-state index contributed by atoms with van der Waals surface area (Å²) in [7, 11) is 1.58. The van der Waals surface area contributed by atoms with Crippen LogP contribution in [0.5, 0.6) is 5.75 Å². The second-order valence-electron chi connectivity index (χ2n) is 7.75. The van der Waals surface area contributed by atoms with Crippen LogP contribution in [0.4, 0.5) is 19.3 Å². The van der Waals surface area contributed by atoms with E-state index in [0.717, 1.165) is 17.8 Å². The van der Waals surface area contributed by atoms with E-state index in [1.807, 2.05) is 12.1 Å².